The van der Waals surface area contributed by atoms with Gasteiger partial charge in [-0.15, -0.1) is 11.3 Å². The molecule has 3 heterocycles. The SMILES string of the molecule is Cc1ncsc1CCN1CCC(C(=O)NCc2ccco2)CC1. The maximum atomic E-state index is 12.2. The van der Waals surface area contributed by atoms with Crippen LogP contribution in [0.15, 0.2) is 28.3 Å². The van der Waals surface area contributed by atoms with Crippen molar-refractivity contribution >= 4 is 17.2 Å². The first-order valence-corrected chi connectivity index (χ1v) is 9.02. The van der Waals surface area contributed by atoms with Crippen molar-refractivity contribution in [2.45, 2.75) is 32.7 Å². The van der Waals surface area contributed by atoms with Crippen LogP contribution in [0.5, 0.6) is 0 Å². The number of aryl methyl sites for hydroxylation is 1. The molecule has 1 aliphatic rings. The fourth-order valence-corrected chi connectivity index (χ4v) is 3.75. The summed E-state index contributed by atoms with van der Waals surface area (Å²) in [4.78, 5) is 20.3. The first kappa shape index (κ1) is 16.2. The molecule has 1 amide bonds. The lowest BCUT2D eigenvalue weighted by molar-refractivity contribution is -0.126. The number of piperidine rings is 1. The Labute approximate surface area is 140 Å². The highest BCUT2D eigenvalue weighted by molar-refractivity contribution is 7.09. The molecule has 3 rings (SSSR count). The van der Waals surface area contributed by atoms with Crippen LogP contribution in [0.4, 0.5) is 0 Å². The van der Waals surface area contributed by atoms with E-state index in [9.17, 15) is 4.79 Å². The summed E-state index contributed by atoms with van der Waals surface area (Å²) in [6.07, 6.45) is 4.56. The van der Waals surface area contributed by atoms with Crippen LogP contribution in [-0.4, -0.2) is 35.4 Å². The molecule has 1 aliphatic heterocycles. The average molecular weight is 333 g/mol. The molecule has 0 radical (unpaired) electrons. The molecule has 0 spiro atoms. The predicted molar refractivity (Wildman–Crippen MR) is 90.3 cm³/mol. The zero-order chi connectivity index (χ0) is 16.1. The molecule has 0 atom stereocenters. The van der Waals surface area contributed by atoms with Gasteiger partial charge in [-0.05, 0) is 51.4 Å². The first-order valence-electron chi connectivity index (χ1n) is 8.14. The average Bonchev–Trinajstić information content (AvgIpc) is 3.23. The lowest BCUT2D eigenvalue weighted by Crippen LogP contribution is -2.41. The Morgan fingerprint density at radius 1 is 1.48 bits per heavy atom. The number of nitrogens with zero attached hydrogens (tertiary/aromatic N) is 2. The van der Waals surface area contributed by atoms with Crippen molar-refractivity contribution in [3.63, 3.8) is 0 Å². The second-order valence-electron chi connectivity index (χ2n) is 6.02. The van der Waals surface area contributed by atoms with E-state index in [1.165, 1.54) is 4.88 Å². The number of aromatic nitrogens is 1. The van der Waals surface area contributed by atoms with Crippen molar-refractivity contribution in [2.24, 2.45) is 5.92 Å². The van der Waals surface area contributed by atoms with Gasteiger partial charge in [0.2, 0.25) is 5.91 Å². The van der Waals surface area contributed by atoms with Crippen LogP contribution in [-0.2, 0) is 17.8 Å². The van der Waals surface area contributed by atoms with Crippen LogP contribution in [0, 0.1) is 12.8 Å². The maximum Gasteiger partial charge on any atom is 0.223 e. The van der Waals surface area contributed by atoms with E-state index < -0.39 is 0 Å². The predicted octanol–water partition coefficient (Wildman–Crippen LogP) is 2.62. The van der Waals surface area contributed by atoms with E-state index >= 15 is 0 Å². The summed E-state index contributed by atoms with van der Waals surface area (Å²) >= 11 is 1.74. The van der Waals surface area contributed by atoms with Crippen molar-refractivity contribution in [1.82, 2.24) is 15.2 Å². The summed E-state index contributed by atoms with van der Waals surface area (Å²) in [7, 11) is 0. The van der Waals surface area contributed by atoms with Crippen LogP contribution in [0.2, 0.25) is 0 Å². The molecular formula is C17H23N3O2S. The van der Waals surface area contributed by atoms with Gasteiger partial charge in [-0.2, -0.15) is 0 Å². The molecule has 0 aromatic carbocycles. The van der Waals surface area contributed by atoms with Crippen LogP contribution in [0.1, 0.15) is 29.2 Å². The van der Waals surface area contributed by atoms with Gasteiger partial charge in [-0.25, -0.2) is 4.98 Å². The molecule has 6 heteroatoms. The summed E-state index contributed by atoms with van der Waals surface area (Å²) in [6.45, 7) is 5.61. The van der Waals surface area contributed by atoms with Crippen molar-refractivity contribution < 1.29 is 9.21 Å². The Balaban J connectivity index is 1.38. The highest BCUT2D eigenvalue weighted by Crippen LogP contribution is 2.19. The van der Waals surface area contributed by atoms with Crippen LogP contribution >= 0.6 is 11.3 Å². The minimum absolute atomic E-state index is 0.131. The number of nitrogens with one attached hydrogen (secondary N) is 1. The first-order chi connectivity index (χ1) is 11.2. The third kappa shape index (κ3) is 4.42. The van der Waals surface area contributed by atoms with Crippen LogP contribution in [0.3, 0.4) is 0 Å². The topological polar surface area (TPSA) is 58.4 Å². The molecule has 2 aromatic rings. The highest BCUT2D eigenvalue weighted by Gasteiger charge is 2.24. The molecule has 0 saturated carbocycles. The van der Waals surface area contributed by atoms with Gasteiger partial charge in [-0.3, -0.25) is 4.79 Å². The standard InChI is InChI=1S/C17H23N3O2S/c1-13-16(23-12-19-13)6-9-20-7-4-14(5-8-20)17(21)18-11-15-3-2-10-22-15/h2-3,10,12,14H,4-9,11H2,1H3,(H,18,21). The normalized spacial score (nSPS) is 16.6. The third-order valence-electron chi connectivity index (χ3n) is 4.48. The Bertz CT molecular complexity index is 616. The van der Waals surface area contributed by atoms with Gasteiger partial charge < -0.3 is 14.6 Å². The second kappa shape index (κ2) is 7.75. The summed E-state index contributed by atoms with van der Waals surface area (Å²) in [6, 6.07) is 3.72. The van der Waals surface area contributed by atoms with Gasteiger partial charge in [0.1, 0.15) is 5.76 Å². The Hall–Kier alpha value is -1.66. The number of likely N-dealkylation sites (tertiary alicyclic amines) is 1. The molecule has 0 aliphatic carbocycles. The number of furan rings is 1. The molecular weight excluding hydrogens is 310 g/mol. The largest absolute Gasteiger partial charge is 0.467 e. The molecule has 5 nitrogen and oxygen atoms in total. The van der Waals surface area contributed by atoms with Crippen molar-refractivity contribution in [3.05, 3.63) is 40.2 Å². The van der Waals surface area contributed by atoms with E-state index in [4.69, 9.17) is 4.42 Å². The number of carbonyl (C=O) groups excluding carboxylic acids is 1. The van der Waals surface area contributed by atoms with Crippen molar-refractivity contribution in [3.8, 4) is 0 Å². The number of thiazole rings is 1. The zero-order valence-electron chi connectivity index (χ0n) is 13.5. The minimum atomic E-state index is 0.131. The van der Waals surface area contributed by atoms with Gasteiger partial charge in [0.25, 0.3) is 0 Å². The summed E-state index contributed by atoms with van der Waals surface area (Å²) in [5, 5.41) is 2.97. The molecule has 2 aromatic heterocycles. The van der Waals surface area contributed by atoms with E-state index in [0.29, 0.717) is 6.54 Å². The molecule has 0 unspecified atom stereocenters. The number of hydrogen-bond donors (Lipinski definition) is 1. The van der Waals surface area contributed by atoms with Gasteiger partial charge in [0.05, 0.1) is 24.0 Å². The fourth-order valence-electron chi connectivity index (χ4n) is 2.98. The lowest BCUT2D eigenvalue weighted by Gasteiger charge is -2.31. The monoisotopic (exact) mass is 333 g/mol. The molecule has 1 fully saturated rings. The van der Waals surface area contributed by atoms with Crippen molar-refractivity contribution in [1.29, 1.82) is 0 Å². The summed E-state index contributed by atoms with van der Waals surface area (Å²) in [5.74, 6) is 1.08. The molecule has 23 heavy (non-hydrogen) atoms. The minimum Gasteiger partial charge on any atom is -0.467 e. The zero-order valence-corrected chi connectivity index (χ0v) is 14.3. The van der Waals surface area contributed by atoms with Crippen molar-refractivity contribution in [2.75, 3.05) is 19.6 Å². The van der Waals surface area contributed by atoms with Gasteiger partial charge >= 0.3 is 0 Å². The lowest BCUT2D eigenvalue weighted by atomic mass is 9.95. The van der Waals surface area contributed by atoms with E-state index in [1.807, 2.05) is 17.6 Å². The molecule has 0 bridgehead atoms. The third-order valence-corrected chi connectivity index (χ3v) is 5.47. The Morgan fingerprint density at radius 2 is 2.30 bits per heavy atom. The van der Waals surface area contributed by atoms with Crippen LogP contribution < -0.4 is 5.32 Å². The van der Waals surface area contributed by atoms with Gasteiger partial charge in [-0.1, -0.05) is 0 Å². The van der Waals surface area contributed by atoms with E-state index in [1.54, 1.807) is 17.6 Å². The fraction of sp³-hybridized carbons (Fsp3) is 0.529. The van der Waals surface area contributed by atoms with Gasteiger partial charge in [0.15, 0.2) is 0 Å². The smallest absolute Gasteiger partial charge is 0.223 e. The van der Waals surface area contributed by atoms with E-state index in [2.05, 4.69) is 22.1 Å². The Morgan fingerprint density at radius 3 is 2.96 bits per heavy atom. The number of amides is 1. The number of hydrogen-bond acceptors (Lipinski definition) is 5. The second-order valence-corrected chi connectivity index (χ2v) is 6.96. The Kier molecular flexibility index (Phi) is 5.46. The molecule has 1 saturated heterocycles. The van der Waals surface area contributed by atoms with Gasteiger partial charge in [0, 0.05) is 17.3 Å². The quantitative estimate of drug-likeness (QED) is 0.883. The van der Waals surface area contributed by atoms with E-state index in [0.717, 1.165) is 50.4 Å². The molecule has 1 N–H and O–H groups in total. The highest BCUT2D eigenvalue weighted by atomic mass is 32.1. The molecule has 124 valence electrons. The van der Waals surface area contributed by atoms with Crippen LogP contribution in [0.25, 0.3) is 0 Å². The summed E-state index contributed by atoms with van der Waals surface area (Å²) in [5.41, 5.74) is 3.07. The van der Waals surface area contributed by atoms with E-state index in [-0.39, 0.29) is 11.8 Å². The number of rotatable bonds is 6. The maximum absolute atomic E-state index is 12.2. The summed E-state index contributed by atoms with van der Waals surface area (Å²) < 4.78 is 5.24. The number of carbonyl (C=O) groups is 1.